The Labute approximate surface area is 143 Å². The Bertz CT molecular complexity index is 658. The van der Waals surface area contributed by atoms with E-state index in [1.807, 2.05) is 18.4 Å². The lowest BCUT2D eigenvalue weighted by molar-refractivity contribution is 0.0749. The van der Waals surface area contributed by atoms with Crippen molar-refractivity contribution in [2.45, 2.75) is 32.1 Å². The van der Waals surface area contributed by atoms with E-state index < -0.39 is 6.17 Å². The van der Waals surface area contributed by atoms with Gasteiger partial charge < -0.3 is 4.90 Å². The Morgan fingerprint density at radius 3 is 3.04 bits per heavy atom. The highest BCUT2D eigenvalue weighted by molar-refractivity contribution is 7.09. The SMILES string of the molecule is Cc1nscc1C(=O)N(C)C[C@@H]1C[C@H](F)CN1Cc1cccs1. The quantitative estimate of drug-likeness (QED) is 0.828. The highest BCUT2D eigenvalue weighted by atomic mass is 32.1. The van der Waals surface area contributed by atoms with Gasteiger partial charge in [-0.05, 0) is 36.3 Å². The van der Waals surface area contributed by atoms with Crippen molar-refractivity contribution in [3.05, 3.63) is 39.0 Å². The number of likely N-dealkylation sites (N-methyl/N-ethyl adjacent to an activating group) is 1. The van der Waals surface area contributed by atoms with Crippen LogP contribution in [-0.4, -0.2) is 52.4 Å². The van der Waals surface area contributed by atoms with Crippen LogP contribution in [0.5, 0.6) is 0 Å². The molecule has 0 saturated carbocycles. The van der Waals surface area contributed by atoms with E-state index in [9.17, 15) is 9.18 Å². The molecule has 0 aliphatic carbocycles. The van der Waals surface area contributed by atoms with Gasteiger partial charge >= 0.3 is 0 Å². The maximum Gasteiger partial charge on any atom is 0.256 e. The van der Waals surface area contributed by atoms with Gasteiger partial charge in [0.05, 0.1) is 11.3 Å². The summed E-state index contributed by atoms with van der Waals surface area (Å²) in [5.74, 6) is -0.0327. The van der Waals surface area contributed by atoms with Crippen LogP contribution in [0.1, 0.15) is 27.3 Å². The van der Waals surface area contributed by atoms with Crippen LogP contribution in [0.4, 0.5) is 4.39 Å². The average Bonchev–Trinajstić information content (AvgIpc) is 3.22. The smallest absolute Gasteiger partial charge is 0.256 e. The Kier molecular flexibility index (Phi) is 5.08. The molecular formula is C16H20FN3OS2. The minimum Gasteiger partial charge on any atom is -0.340 e. The fourth-order valence-electron chi connectivity index (χ4n) is 3.01. The molecule has 0 unspecified atom stereocenters. The molecule has 0 N–H and O–H groups in total. The number of carbonyl (C=O) groups excluding carboxylic acids is 1. The van der Waals surface area contributed by atoms with Crippen molar-refractivity contribution in [1.82, 2.24) is 14.2 Å². The largest absolute Gasteiger partial charge is 0.340 e. The first-order valence-corrected chi connectivity index (χ1v) is 9.33. The summed E-state index contributed by atoms with van der Waals surface area (Å²) in [7, 11) is 1.79. The van der Waals surface area contributed by atoms with Crippen LogP contribution >= 0.6 is 22.9 Å². The van der Waals surface area contributed by atoms with E-state index >= 15 is 0 Å². The third-order valence-corrected chi connectivity index (χ3v) is 5.81. The highest BCUT2D eigenvalue weighted by Gasteiger charge is 2.34. The van der Waals surface area contributed by atoms with Gasteiger partial charge in [-0.2, -0.15) is 4.37 Å². The summed E-state index contributed by atoms with van der Waals surface area (Å²) in [5.41, 5.74) is 1.41. The summed E-state index contributed by atoms with van der Waals surface area (Å²) in [6, 6.07) is 4.15. The van der Waals surface area contributed by atoms with E-state index in [0.29, 0.717) is 25.1 Å². The second-order valence-electron chi connectivity index (χ2n) is 5.99. The van der Waals surface area contributed by atoms with E-state index in [-0.39, 0.29) is 11.9 Å². The van der Waals surface area contributed by atoms with Gasteiger partial charge in [0.25, 0.3) is 5.91 Å². The average molecular weight is 353 g/mol. The molecule has 1 fully saturated rings. The van der Waals surface area contributed by atoms with Gasteiger partial charge in [0.1, 0.15) is 6.17 Å². The number of hydrogen-bond acceptors (Lipinski definition) is 5. The Morgan fingerprint density at radius 1 is 1.57 bits per heavy atom. The number of carbonyl (C=O) groups is 1. The molecule has 4 nitrogen and oxygen atoms in total. The molecule has 3 rings (SSSR count). The minimum atomic E-state index is -0.812. The van der Waals surface area contributed by atoms with E-state index in [2.05, 4.69) is 15.3 Å². The van der Waals surface area contributed by atoms with Crippen LogP contribution in [0.3, 0.4) is 0 Å². The lowest BCUT2D eigenvalue weighted by Gasteiger charge is -2.28. The van der Waals surface area contributed by atoms with Crippen LogP contribution in [0, 0.1) is 6.92 Å². The number of thiophene rings is 1. The molecule has 2 atom stereocenters. The highest BCUT2D eigenvalue weighted by Crippen LogP contribution is 2.25. The summed E-state index contributed by atoms with van der Waals surface area (Å²) >= 11 is 2.98. The fraction of sp³-hybridized carbons (Fsp3) is 0.500. The van der Waals surface area contributed by atoms with Crippen molar-refractivity contribution < 1.29 is 9.18 Å². The maximum absolute atomic E-state index is 13.9. The second kappa shape index (κ2) is 7.07. The van der Waals surface area contributed by atoms with Crippen molar-refractivity contribution in [3.63, 3.8) is 0 Å². The third kappa shape index (κ3) is 3.79. The molecule has 7 heteroatoms. The fourth-order valence-corrected chi connectivity index (χ4v) is 4.43. The molecule has 124 valence electrons. The predicted molar refractivity (Wildman–Crippen MR) is 91.8 cm³/mol. The molecule has 2 aromatic heterocycles. The molecular weight excluding hydrogens is 333 g/mol. The number of nitrogens with zero attached hydrogens (tertiary/aromatic N) is 3. The normalized spacial score (nSPS) is 21.7. The molecule has 2 aromatic rings. The molecule has 0 spiro atoms. The molecule has 0 bridgehead atoms. The number of aromatic nitrogens is 1. The Balaban J connectivity index is 1.65. The van der Waals surface area contributed by atoms with Gasteiger partial charge in [0.2, 0.25) is 0 Å². The number of alkyl halides is 1. The van der Waals surface area contributed by atoms with Crippen molar-refractivity contribution in [2.24, 2.45) is 0 Å². The zero-order valence-corrected chi connectivity index (χ0v) is 14.9. The maximum atomic E-state index is 13.9. The predicted octanol–water partition coefficient (Wildman–Crippen LogP) is 3.20. The standard InChI is InChI=1S/C16H20FN3OS2/c1-11-15(10-23-18-11)16(21)19(2)8-13-6-12(17)7-20(13)9-14-4-3-5-22-14/h3-5,10,12-13H,6-9H2,1-2H3/t12-,13-/m0/s1. The minimum absolute atomic E-state index is 0.0327. The molecule has 0 aromatic carbocycles. The lowest BCUT2D eigenvalue weighted by Crippen LogP contribution is -2.40. The van der Waals surface area contributed by atoms with Crippen molar-refractivity contribution in [2.75, 3.05) is 20.1 Å². The molecule has 0 radical (unpaired) electrons. The Hall–Kier alpha value is -1.31. The number of aryl methyl sites for hydroxylation is 1. The zero-order chi connectivity index (χ0) is 16.4. The number of rotatable bonds is 5. The van der Waals surface area contributed by atoms with Gasteiger partial charge in [0.15, 0.2) is 0 Å². The van der Waals surface area contributed by atoms with Gasteiger partial charge in [-0.1, -0.05) is 6.07 Å². The number of amides is 1. The first kappa shape index (κ1) is 16.5. The van der Waals surface area contributed by atoms with Gasteiger partial charge in [-0.25, -0.2) is 4.39 Å². The summed E-state index contributed by atoms with van der Waals surface area (Å²) in [4.78, 5) is 17.6. The first-order valence-electron chi connectivity index (χ1n) is 7.61. The number of halogens is 1. The van der Waals surface area contributed by atoms with Gasteiger partial charge in [0, 0.05) is 43.0 Å². The Morgan fingerprint density at radius 2 is 2.39 bits per heavy atom. The lowest BCUT2D eigenvalue weighted by atomic mass is 10.1. The van der Waals surface area contributed by atoms with Crippen LogP contribution < -0.4 is 0 Å². The van der Waals surface area contributed by atoms with E-state index in [1.54, 1.807) is 28.7 Å². The van der Waals surface area contributed by atoms with Crippen LogP contribution in [0.2, 0.25) is 0 Å². The third-order valence-electron chi connectivity index (χ3n) is 4.23. The monoisotopic (exact) mass is 353 g/mol. The van der Waals surface area contributed by atoms with Gasteiger partial charge in [-0.3, -0.25) is 9.69 Å². The van der Waals surface area contributed by atoms with Crippen LogP contribution in [0.25, 0.3) is 0 Å². The van der Waals surface area contributed by atoms with E-state index in [4.69, 9.17) is 0 Å². The van der Waals surface area contributed by atoms with Crippen molar-refractivity contribution >= 4 is 28.8 Å². The first-order chi connectivity index (χ1) is 11.0. The molecule has 23 heavy (non-hydrogen) atoms. The van der Waals surface area contributed by atoms with Crippen molar-refractivity contribution in [1.29, 1.82) is 0 Å². The number of hydrogen-bond donors (Lipinski definition) is 0. The second-order valence-corrected chi connectivity index (χ2v) is 7.66. The topological polar surface area (TPSA) is 36.4 Å². The zero-order valence-electron chi connectivity index (χ0n) is 13.2. The number of likely N-dealkylation sites (tertiary alicyclic amines) is 1. The summed E-state index contributed by atoms with van der Waals surface area (Å²) in [6.07, 6.45) is -0.322. The van der Waals surface area contributed by atoms with Gasteiger partial charge in [-0.15, -0.1) is 11.3 Å². The molecule has 1 amide bonds. The summed E-state index contributed by atoms with van der Waals surface area (Å²) < 4.78 is 18.0. The molecule has 1 aliphatic rings. The van der Waals surface area contributed by atoms with Crippen LogP contribution in [-0.2, 0) is 6.54 Å². The van der Waals surface area contributed by atoms with E-state index in [0.717, 1.165) is 12.2 Å². The van der Waals surface area contributed by atoms with E-state index in [1.165, 1.54) is 16.4 Å². The molecule has 3 heterocycles. The van der Waals surface area contributed by atoms with Crippen molar-refractivity contribution in [3.8, 4) is 0 Å². The van der Waals surface area contributed by atoms with Crippen LogP contribution in [0.15, 0.2) is 22.9 Å². The molecule has 1 aliphatic heterocycles. The summed E-state index contributed by atoms with van der Waals surface area (Å²) in [5, 5.41) is 3.82. The molecule has 1 saturated heterocycles. The summed E-state index contributed by atoms with van der Waals surface area (Å²) in [6.45, 7) is 3.58.